The van der Waals surface area contributed by atoms with E-state index in [9.17, 15) is 0 Å². The Hall–Kier alpha value is 0.730. The summed E-state index contributed by atoms with van der Waals surface area (Å²) in [5.41, 5.74) is 3.94. The van der Waals surface area contributed by atoms with Crippen molar-refractivity contribution in [1.29, 1.82) is 0 Å². The van der Waals surface area contributed by atoms with Crippen LogP contribution in [0.15, 0.2) is 25.6 Å². The van der Waals surface area contributed by atoms with E-state index in [1.54, 1.807) is 0 Å². The Morgan fingerprint density at radius 3 is 1.63 bits per heavy atom. The predicted octanol–water partition coefficient (Wildman–Crippen LogP) is 1.80. The van der Waals surface area contributed by atoms with E-state index >= 15 is 0 Å². The molecular weight excluding hydrogens is 469 g/mol. The molecule has 1 rings (SSSR count). The quantitative estimate of drug-likeness (QED) is 0.490. The fourth-order valence-electron chi connectivity index (χ4n) is 0.792. The van der Waals surface area contributed by atoms with Crippen molar-refractivity contribution in [3.63, 3.8) is 0 Å². The van der Waals surface area contributed by atoms with E-state index in [-0.39, 0.29) is 0 Å². The number of hydrogen-bond donors (Lipinski definition) is 4. The Morgan fingerprint density at radius 2 is 1.42 bits per heavy atom. The number of nitrogens with two attached hydrogens (primary N) is 1. The zero-order valence-electron chi connectivity index (χ0n) is 9.81. The minimum absolute atomic E-state index is 0.403. The first-order valence-corrected chi connectivity index (χ1v) is 7.81. The molecule has 5 nitrogen and oxygen atoms in total. The SMILES string of the molecule is NC(CO)(CO)CO.POc1c(Br)cc(Br)cc1Br. The average Bonchev–Trinajstić information content (AvgIpc) is 2.38. The van der Waals surface area contributed by atoms with Crippen molar-refractivity contribution in [2.75, 3.05) is 19.8 Å². The normalized spacial score (nSPS) is 10.7. The van der Waals surface area contributed by atoms with E-state index in [2.05, 4.69) is 57.3 Å². The van der Waals surface area contributed by atoms with Crippen molar-refractivity contribution in [1.82, 2.24) is 0 Å². The van der Waals surface area contributed by atoms with E-state index in [0.717, 1.165) is 19.2 Å². The van der Waals surface area contributed by atoms with Crippen LogP contribution in [0, 0.1) is 0 Å². The molecule has 0 aromatic heterocycles. The average molecular weight is 484 g/mol. The van der Waals surface area contributed by atoms with Crippen LogP contribution in [0.3, 0.4) is 0 Å². The monoisotopic (exact) mass is 481 g/mol. The van der Waals surface area contributed by atoms with Gasteiger partial charge in [0.05, 0.1) is 43.8 Å². The van der Waals surface area contributed by atoms with Gasteiger partial charge in [-0.3, -0.25) is 0 Å². The molecule has 0 saturated heterocycles. The molecule has 0 saturated carbocycles. The van der Waals surface area contributed by atoms with Gasteiger partial charge in [0.1, 0.15) is 0 Å². The molecule has 0 fully saturated rings. The molecule has 1 aromatic carbocycles. The van der Waals surface area contributed by atoms with Crippen LogP contribution in [0.2, 0.25) is 0 Å². The topological polar surface area (TPSA) is 95.9 Å². The van der Waals surface area contributed by atoms with Gasteiger partial charge in [0.15, 0.2) is 5.75 Å². The first kappa shape index (κ1) is 19.7. The molecule has 9 heteroatoms. The summed E-state index contributed by atoms with van der Waals surface area (Å²) in [6, 6.07) is 3.84. The zero-order valence-corrected chi connectivity index (χ0v) is 15.7. The van der Waals surface area contributed by atoms with Gasteiger partial charge in [-0.15, -0.1) is 0 Å². The van der Waals surface area contributed by atoms with Crippen LogP contribution in [0.4, 0.5) is 0 Å². The maximum absolute atomic E-state index is 8.34. The van der Waals surface area contributed by atoms with Crippen LogP contribution in [-0.2, 0) is 0 Å². The number of halogens is 3. The maximum Gasteiger partial charge on any atom is 0.150 e. The molecule has 0 aliphatic carbocycles. The maximum atomic E-state index is 8.34. The first-order valence-electron chi connectivity index (χ1n) is 4.96. The lowest BCUT2D eigenvalue weighted by molar-refractivity contribution is 0.0698. The summed E-state index contributed by atoms with van der Waals surface area (Å²) in [6.45, 7) is -1.21. The Bertz CT molecular complexity index is 373. The van der Waals surface area contributed by atoms with Crippen LogP contribution in [-0.4, -0.2) is 40.7 Å². The van der Waals surface area contributed by atoms with Crippen LogP contribution in [0.5, 0.6) is 5.75 Å². The fourth-order valence-corrected chi connectivity index (χ4v) is 3.84. The summed E-state index contributed by atoms with van der Waals surface area (Å²) < 4.78 is 7.86. The van der Waals surface area contributed by atoms with Gasteiger partial charge in [-0.05, 0) is 44.0 Å². The molecule has 1 unspecified atom stereocenters. The van der Waals surface area contributed by atoms with Crippen molar-refractivity contribution in [3.05, 3.63) is 25.6 Å². The van der Waals surface area contributed by atoms with Crippen LogP contribution in [0.1, 0.15) is 0 Å². The summed E-state index contributed by atoms with van der Waals surface area (Å²) >= 11 is 10.1. The highest BCUT2D eigenvalue weighted by Crippen LogP contribution is 2.37. The van der Waals surface area contributed by atoms with Gasteiger partial charge in [0.2, 0.25) is 0 Å². The Labute approximate surface area is 139 Å². The number of aliphatic hydroxyl groups excluding tert-OH is 3. The standard InChI is InChI=1S/C6H4Br3OP.C4H11NO3/c7-3-1-4(8)6(10-11)5(9)2-3;5-4(1-6,2-7)3-8/h1-2H,11H2;6-8H,1-3,5H2. The third-order valence-corrected chi connectivity index (χ3v) is 3.90. The third-order valence-electron chi connectivity index (χ3n) is 2.03. The molecule has 0 aliphatic rings. The van der Waals surface area contributed by atoms with Crippen molar-refractivity contribution >= 4 is 57.3 Å². The predicted molar refractivity (Wildman–Crippen MR) is 88.1 cm³/mol. The number of benzene rings is 1. The lowest BCUT2D eigenvalue weighted by Crippen LogP contribution is -2.50. The highest BCUT2D eigenvalue weighted by atomic mass is 79.9. The molecule has 1 aromatic rings. The minimum atomic E-state index is -1.21. The van der Waals surface area contributed by atoms with Gasteiger partial charge in [-0.1, -0.05) is 15.9 Å². The van der Waals surface area contributed by atoms with Crippen molar-refractivity contribution in [2.45, 2.75) is 5.54 Å². The Morgan fingerprint density at radius 1 is 1.05 bits per heavy atom. The van der Waals surface area contributed by atoms with Gasteiger partial charge >= 0.3 is 0 Å². The second kappa shape index (κ2) is 9.63. The fraction of sp³-hybridized carbons (Fsp3) is 0.400. The third kappa shape index (κ3) is 6.82. The minimum Gasteiger partial charge on any atom is -0.478 e. The molecule has 0 radical (unpaired) electrons. The summed E-state index contributed by atoms with van der Waals surface area (Å²) in [4.78, 5) is 0. The van der Waals surface area contributed by atoms with E-state index in [1.165, 1.54) is 0 Å². The molecular formula is C10H15Br3NO4P. The highest BCUT2D eigenvalue weighted by molar-refractivity contribution is 9.11. The molecule has 0 heterocycles. The summed E-state index contributed by atoms with van der Waals surface area (Å²) in [5.74, 6) is 0.776. The van der Waals surface area contributed by atoms with Crippen LogP contribution in [0.25, 0.3) is 0 Å². The van der Waals surface area contributed by atoms with Gasteiger partial charge in [0, 0.05) is 4.47 Å². The molecule has 1 atom stereocenters. The highest BCUT2D eigenvalue weighted by Gasteiger charge is 2.20. The van der Waals surface area contributed by atoms with Gasteiger partial charge in [-0.25, -0.2) is 0 Å². The number of rotatable bonds is 4. The van der Waals surface area contributed by atoms with E-state index in [4.69, 9.17) is 25.6 Å². The molecule has 0 amide bonds. The molecule has 5 N–H and O–H groups in total. The van der Waals surface area contributed by atoms with E-state index in [1.807, 2.05) is 12.1 Å². The van der Waals surface area contributed by atoms with Crippen molar-refractivity contribution < 1.29 is 19.8 Å². The first-order chi connectivity index (χ1) is 8.83. The lowest BCUT2D eigenvalue weighted by atomic mass is 10.1. The van der Waals surface area contributed by atoms with Gasteiger partial charge in [-0.2, -0.15) is 0 Å². The molecule has 0 aliphatic heterocycles. The molecule has 0 spiro atoms. The Balaban J connectivity index is 0.000000362. The summed E-state index contributed by atoms with van der Waals surface area (Å²) in [6.07, 6.45) is 0. The van der Waals surface area contributed by atoms with Crippen LogP contribution >= 0.6 is 57.3 Å². The smallest absolute Gasteiger partial charge is 0.150 e. The summed E-state index contributed by atoms with van der Waals surface area (Å²) in [5, 5.41) is 25.0. The molecule has 110 valence electrons. The van der Waals surface area contributed by atoms with E-state index in [0.29, 0.717) is 0 Å². The second-order valence-corrected chi connectivity index (χ2v) is 6.51. The van der Waals surface area contributed by atoms with Crippen molar-refractivity contribution in [3.8, 4) is 5.75 Å². The van der Waals surface area contributed by atoms with E-state index < -0.39 is 25.4 Å². The molecule has 19 heavy (non-hydrogen) atoms. The molecule has 0 bridgehead atoms. The second-order valence-electron chi connectivity index (χ2n) is 3.65. The van der Waals surface area contributed by atoms with Crippen molar-refractivity contribution in [2.24, 2.45) is 5.73 Å². The lowest BCUT2D eigenvalue weighted by Gasteiger charge is -2.20. The van der Waals surface area contributed by atoms with Gasteiger partial charge < -0.3 is 25.6 Å². The summed E-state index contributed by atoms with van der Waals surface area (Å²) in [7, 11) is 2.20. The largest absolute Gasteiger partial charge is 0.478 e. The number of hydrogen-bond acceptors (Lipinski definition) is 5. The Kier molecular flexibility index (Phi) is 10.00. The van der Waals surface area contributed by atoms with Crippen LogP contribution < -0.4 is 10.3 Å². The number of aliphatic hydroxyl groups is 3. The zero-order chi connectivity index (χ0) is 15.1. The van der Waals surface area contributed by atoms with Gasteiger partial charge in [0.25, 0.3) is 0 Å².